The first-order valence-corrected chi connectivity index (χ1v) is 6.21. The third-order valence-electron chi connectivity index (χ3n) is 2.50. The monoisotopic (exact) mass is 258 g/mol. The Balaban J connectivity index is 2.45. The van der Waals surface area contributed by atoms with E-state index in [2.05, 4.69) is 5.10 Å². The molecule has 0 aromatic carbocycles. The maximum Gasteiger partial charge on any atom is 0.141 e. The molecule has 1 aromatic rings. The van der Waals surface area contributed by atoms with Crippen LogP contribution in [0.4, 0.5) is 0 Å². The van der Waals surface area contributed by atoms with Gasteiger partial charge in [0.1, 0.15) is 5.78 Å². The number of hydrogen-bond donors (Lipinski definition) is 0. The highest BCUT2D eigenvalue weighted by molar-refractivity contribution is 6.32. The maximum absolute atomic E-state index is 11.7. The summed E-state index contributed by atoms with van der Waals surface area (Å²) in [6.45, 7) is 5.07. The molecule has 1 heterocycles. The minimum absolute atomic E-state index is 0.131. The largest absolute Gasteiger partial charge is 0.381 e. The number of carbonyl (C=O) groups is 1. The van der Waals surface area contributed by atoms with E-state index in [1.165, 1.54) is 0 Å². The van der Waals surface area contributed by atoms with Crippen LogP contribution in [-0.4, -0.2) is 28.8 Å². The third-order valence-corrected chi connectivity index (χ3v) is 2.99. The Morgan fingerprint density at radius 3 is 2.71 bits per heavy atom. The fourth-order valence-corrected chi connectivity index (χ4v) is 1.81. The van der Waals surface area contributed by atoms with Gasteiger partial charge in [-0.3, -0.25) is 9.48 Å². The van der Waals surface area contributed by atoms with Crippen molar-refractivity contribution in [1.29, 1.82) is 0 Å². The Labute approximate surface area is 107 Å². The molecule has 0 bridgehead atoms. The lowest BCUT2D eigenvalue weighted by molar-refractivity contribution is -0.119. The molecule has 4 nitrogen and oxygen atoms in total. The predicted molar refractivity (Wildman–Crippen MR) is 67.4 cm³/mol. The van der Waals surface area contributed by atoms with E-state index in [0.717, 1.165) is 17.8 Å². The molecule has 17 heavy (non-hydrogen) atoms. The summed E-state index contributed by atoms with van der Waals surface area (Å²) in [4.78, 5) is 11.7. The van der Waals surface area contributed by atoms with E-state index in [-0.39, 0.29) is 5.78 Å². The van der Waals surface area contributed by atoms with Gasteiger partial charge >= 0.3 is 0 Å². The van der Waals surface area contributed by atoms with Crippen molar-refractivity contribution in [2.24, 2.45) is 7.05 Å². The molecule has 1 aromatic heterocycles. The van der Waals surface area contributed by atoms with Gasteiger partial charge in [0.05, 0.1) is 23.0 Å². The lowest BCUT2D eigenvalue weighted by Crippen LogP contribution is -2.10. The van der Waals surface area contributed by atoms with Gasteiger partial charge in [-0.15, -0.1) is 0 Å². The first kappa shape index (κ1) is 14.2. The SMILES string of the molecule is CCCOCCC(=O)Cc1c(Cl)c(C)nn1C. The Kier molecular flexibility index (Phi) is 5.65. The number of rotatable bonds is 7. The molecule has 96 valence electrons. The lowest BCUT2D eigenvalue weighted by Gasteiger charge is -2.03. The van der Waals surface area contributed by atoms with E-state index in [1.54, 1.807) is 11.7 Å². The van der Waals surface area contributed by atoms with Gasteiger partial charge in [-0.1, -0.05) is 18.5 Å². The summed E-state index contributed by atoms with van der Waals surface area (Å²) >= 11 is 6.08. The summed E-state index contributed by atoms with van der Waals surface area (Å²) in [7, 11) is 1.80. The lowest BCUT2D eigenvalue weighted by atomic mass is 10.1. The second-order valence-electron chi connectivity index (χ2n) is 4.05. The van der Waals surface area contributed by atoms with Crippen LogP contribution in [0.15, 0.2) is 0 Å². The zero-order chi connectivity index (χ0) is 12.8. The van der Waals surface area contributed by atoms with Gasteiger partial charge in [0.15, 0.2) is 0 Å². The molecule has 0 saturated heterocycles. The van der Waals surface area contributed by atoms with Crippen LogP contribution in [-0.2, 0) is 23.0 Å². The number of nitrogens with zero attached hydrogens (tertiary/aromatic N) is 2. The zero-order valence-electron chi connectivity index (χ0n) is 10.6. The van der Waals surface area contributed by atoms with E-state index in [0.29, 0.717) is 31.1 Å². The minimum Gasteiger partial charge on any atom is -0.381 e. The van der Waals surface area contributed by atoms with Gasteiger partial charge < -0.3 is 4.74 Å². The van der Waals surface area contributed by atoms with Crippen molar-refractivity contribution >= 4 is 17.4 Å². The van der Waals surface area contributed by atoms with Gasteiger partial charge in [0, 0.05) is 26.5 Å². The first-order chi connectivity index (χ1) is 8.06. The van der Waals surface area contributed by atoms with E-state index in [1.807, 2.05) is 13.8 Å². The second kappa shape index (κ2) is 6.77. The van der Waals surface area contributed by atoms with Crippen LogP contribution >= 0.6 is 11.6 Å². The summed E-state index contributed by atoms with van der Waals surface area (Å²) in [6.07, 6.45) is 1.73. The normalized spacial score (nSPS) is 10.8. The summed E-state index contributed by atoms with van der Waals surface area (Å²) < 4.78 is 6.95. The number of Topliss-reactive ketones (excluding diaryl/α,β-unsaturated/α-hetero) is 1. The van der Waals surface area contributed by atoms with E-state index >= 15 is 0 Å². The number of carbonyl (C=O) groups excluding carboxylic acids is 1. The molecular weight excluding hydrogens is 240 g/mol. The van der Waals surface area contributed by atoms with Crippen molar-refractivity contribution in [2.45, 2.75) is 33.1 Å². The fraction of sp³-hybridized carbons (Fsp3) is 0.667. The molecule has 0 aliphatic rings. The number of ether oxygens (including phenoxy) is 1. The van der Waals surface area contributed by atoms with Crippen molar-refractivity contribution in [3.63, 3.8) is 0 Å². The van der Waals surface area contributed by atoms with Crippen LogP contribution in [0.3, 0.4) is 0 Å². The van der Waals surface area contributed by atoms with Gasteiger partial charge in [-0.25, -0.2) is 0 Å². The molecule has 0 radical (unpaired) electrons. The van der Waals surface area contributed by atoms with Crippen molar-refractivity contribution in [2.75, 3.05) is 13.2 Å². The highest BCUT2D eigenvalue weighted by atomic mass is 35.5. The van der Waals surface area contributed by atoms with Gasteiger partial charge in [0.2, 0.25) is 0 Å². The molecule has 0 saturated carbocycles. The number of hydrogen-bond acceptors (Lipinski definition) is 3. The molecule has 0 N–H and O–H groups in total. The first-order valence-electron chi connectivity index (χ1n) is 5.83. The van der Waals surface area contributed by atoms with Crippen molar-refractivity contribution < 1.29 is 9.53 Å². The average molecular weight is 259 g/mol. The number of aromatic nitrogens is 2. The predicted octanol–water partition coefficient (Wildman–Crippen LogP) is 2.31. The Morgan fingerprint density at radius 1 is 1.47 bits per heavy atom. The van der Waals surface area contributed by atoms with E-state index in [4.69, 9.17) is 16.3 Å². The Bertz CT molecular complexity index is 388. The molecule has 0 aliphatic carbocycles. The highest BCUT2D eigenvalue weighted by Gasteiger charge is 2.14. The molecule has 0 fully saturated rings. The van der Waals surface area contributed by atoms with Crippen molar-refractivity contribution in [3.8, 4) is 0 Å². The molecular formula is C12H19ClN2O2. The van der Waals surface area contributed by atoms with Crippen molar-refractivity contribution in [3.05, 3.63) is 16.4 Å². The van der Waals surface area contributed by atoms with Crippen LogP contribution in [0.5, 0.6) is 0 Å². The van der Waals surface area contributed by atoms with Gasteiger partial charge in [0.25, 0.3) is 0 Å². The molecule has 0 unspecified atom stereocenters. The molecule has 0 atom stereocenters. The van der Waals surface area contributed by atoms with Crippen LogP contribution < -0.4 is 0 Å². The van der Waals surface area contributed by atoms with Crippen LogP contribution in [0.25, 0.3) is 0 Å². The van der Waals surface area contributed by atoms with Crippen LogP contribution in [0.2, 0.25) is 5.02 Å². The van der Waals surface area contributed by atoms with Crippen LogP contribution in [0, 0.1) is 6.92 Å². The number of ketones is 1. The third kappa shape index (κ3) is 4.13. The average Bonchev–Trinajstić information content (AvgIpc) is 2.52. The summed E-state index contributed by atoms with van der Waals surface area (Å²) in [5, 5.41) is 4.77. The Morgan fingerprint density at radius 2 is 2.18 bits per heavy atom. The highest BCUT2D eigenvalue weighted by Crippen LogP contribution is 2.20. The fourth-order valence-electron chi connectivity index (χ4n) is 1.58. The van der Waals surface area contributed by atoms with E-state index < -0.39 is 0 Å². The molecule has 1 rings (SSSR count). The zero-order valence-corrected chi connectivity index (χ0v) is 11.4. The summed E-state index contributed by atoms with van der Waals surface area (Å²) in [6, 6.07) is 0. The van der Waals surface area contributed by atoms with Crippen LogP contribution in [0.1, 0.15) is 31.2 Å². The minimum atomic E-state index is 0.131. The number of aryl methyl sites for hydroxylation is 2. The molecule has 0 amide bonds. The Hall–Kier alpha value is -0.870. The molecule has 0 spiro atoms. The maximum atomic E-state index is 11.7. The second-order valence-corrected chi connectivity index (χ2v) is 4.43. The summed E-state index contributed by atoms with van der Waals surface area (Å²) in [5.74, 6) is 0.131. The summed E-state index contributed by atoms with van der Waals surface area (Å²) in [5.41, 5.74) is 1.55. The van der Waals surface area contributed by atoms with E-state index in [9.17, 15) is 4.79 Å². The van der Waals surface area contributed by atoms with Crippen molar-refractivity contribution in [1.82, 2.24) is 9.78 Å². The van der Waals surface area contributed by atoms with Gasteiger partial charge in [-0.2, -0.15) is 5.10 Å². The smallest absolute Gasteiger partial charge is 0.141 e. The number of halogens is 1. The van der Waals surface area contributed by atoms with Gasteiger partial charge in [-0.05, 0) is 13.3 Å². The molecule has 0 aliphatic heterocycles. The quantitative estimate of drug-likeness (QED) is 0.705. The molecule has 5 heteroatoms. The topological polar surface area (TPSA) is 44.1 Å². The standard InChI is InChI=1S/C12H19ClN2O2/c1-4-6-17-7-5-10(16)8-11-12(13)9(2)14-15(11)3/h4-8H2,1-3H3.